The summed E-state index contributed by atoms with van der Waals surface area (Å²) in [5.41, 5.74) is 1.16. The minimum Gasteiger partial charge on any atom is -0.472 e. The van der Waals surface area contributed by atoms with Crippen LogP contribution < -0.4 is 5.32 Å². The van der Waals surface area contributed by atoms with E-state index in [1.165, 1.54) is 0 Å². The number of ether oxygens (including phenoxy) is 2. The molecule has 0 radical (unpaired) electrons. The van der Waals surface area contributed by atoms with Crippen LogP contribution in [0.5, 0.6) is 0 Å². The van der Waals surface area contributed by atoms with E-state index >= 15 is 0 Å². The smallest absolute Gasteiger partial charge is 0.147 e. The van der Waals surface area contributed by atoms with Crippen molar-refractivity contribution in [2.45, 2.75) is 19.1 Å². The fourth-order valence-corrected chi connectivity index (χ4v) is 1.43. The lowest BCUT2D eigenvalue weighted by Crippen LogP contribution is -2.33. The minimum atomic E-state index is 0.288. The second-order valence-electron chi connectivity index (χ2n) is 3.37. The maximum atomic E-state index is 5.39. The highest BCUT2D eigenvalue weighted by atomic mass is 16.7. The molecule has 0 aliphatic carbocycles. The standard InChI is InChI=1S/C10H15NO3/c1-3-12-7-9(1)5-11-6-10-2-4-13-8-14-10/h1,3,7,10-11H,2,4-6,8H2. The molecular weight excluding hydrogens is 182 g/mol. The zero-order valence-electron chi connectivity index (χ0n) is 8.07. The fourth-order valence-electron chi connectivity index (χ4n) is 1.43. The minimum absolute atomic E-state index is 0.288. The Hall–Kier alpha value is -0.840. The van der Waals surface area contributed by atoms with E-state index in [-0.39, 0.29) is 6.10 Å². The van der Waals surface area contributed by atoms with Crippen molar-refractivity contribution < 1.29 is 13.9 Å². The van der Waals surface area contributed by atoms with Crippen LogP contribution in [0.1, 0.15) is 12.0 Å². The van der Waals surface area contributed by atoms with Gasteiger partial charge in [-0.25, -0.2) is 0 Å². The van der Waals surface area contributed by atoms with Gasteiger partial charge in [0.05, 0.1) is 25.2 Å². The van der Waals surface area contributed by atoms with Crippen LogP contribution in [0.4, 0.5) is 0 Å². The SMILES string of the molecule is c1cc(CNCC2CCOCO2)co1. The van der Waals surface area contributed by atoms with Crippen LogP contribution in [0.15, 0.2) is 23.0 Å². The Labute approximate surface area is 83.2 Å². The van der Waals surface area contributed by atoms with E-state index in [0.717, 1.165) is 31.7 Å². The Morgan fingerprint density at radius 3 is 3.21 bits per heavy atom. The molecule has 2 heterocycles. The van der Waals surface area contributed by atoms with E-state index in [0.29, 0.717) is 6.79 Å². The topological polar surface area (TPSA) is 43.6 Å². The molecule has 2 rings (SSSR count). The maximum Gasteiger partial charge on any atom is 0.147 e. The highest BCUT2D eigenvalue weighted by Gasteiger charge is 2.12. The van der Waals surface area contributed by atoms with Crippen molar-refractivity contribution in [2.75, 3.05) is 19.9 Å². The first-order chi connectivity index (χ1) is 6.95. The molecule has 1 atom stereocenters. The molecule has 0 amide bonds. The van der Waals surface area contributed by atoms with Crippen molar-refractivity contribution in [2.24, 2.45) is 0 Å². The summed E-state index contributed by atoms with van der Waals surface area (Å²) in [6.07, 6.45) is 4.69. The summed E-state index contributed by atoms with van der Waals surface area (Å²) in [6.45, 7) is 2.93. The summed E-state index contributed by atoms with van der Waals surface area (Å²) in [7, 11) is 0. The first-order valence-corrected chi connectivity index (χ1v) is 4.86. The van der Waals surface area contributed by atoms with Crippen LogP contribution in [0.25, 0.3) is 0 Å². The van der Waals surface area contributed by atoms with Crippen molar-refractivity contribution in [3.63, 3.8) is 0 Å². The molecule has 1 unspecified atom stereocenters. The van der Waals surface area contributed by atoms with E-state index in [1.807, 2.05) is 6.07 Å². The van der Waals surface area contributed by atoms with Gasteiger partial charge in [0.15, 0.2) is 0 Å². The molecule has 1 aromatic rings. The molecule has 78 valence electrons. The molecular formula is C10H15NO3. The highest BCUT2D eigenvalue weighted by Crippen LogP contribution is 2.05. The number of nitrogens with one attached hydrogen (secondary N) is 1. The van der Waals surface area contributed by atoms with Crippen molar-refractivity contribution >= 4 is 0 Å². The Balaban J connectivity index is 1.62. The third-order valence-electron chi connectivity index (χ3n) is 2.25. The Kier molecular flexibility index (Phi) is 3.57. The van der Waals surface area contributed by atoms with Gasteiger partial charge in [-0.2, -0.15) is 0 Å². The molecule has 4 heteroatoms. The summed E-state index contributed by atoms with van der Waals surface area (Å²) in [5, 5.41) is 3.32. The van der Waals surface area contributed by atoms with Crippen molar-refractivity contribution in [1.29, 1.82) is 0 Å². The predicted molar refractivity (Wildman–Crippen MR) is 50.7 cm³/mol. The molecule has 1 N–H and O–H groups in total. The lowest BCUT2D eigenvalue weighted by Gasteiger charge is -2.22. The quantitative estimate of drug-likeness (QED) is 0.785. The zero-order chi connectivity index (χ0) is 9.64. The first kappa shape index (κ1) is 9.71. The van der Waals surface area contributed by atoms with Crippen LogP contribution in [0.3, 0.4) is 0 Å². The molecule has 0 spiro atoms. The Morgan fingerprint density at radius 2 is 2.50 bits per heavy atom. The summed E-state index contributed by atoms with van der Waals surface area (Å²) in [5.74, 6) is 0. The van der Waals surface area contributed by atoms with Gasteiger partial charge in [-0.05, 0) is 12.5 Å². The van der Waals surface area contributed by atoms with Crippen LogP contribution in [-0.2, 0) is 16.0 Å². The number of hydrogen-bond donors (Lipinski definition) is 1. The fraction of sp³-hybridized carbons (Fsp3) is 0.600. The predicted octanol–water partition coefficient (Wildman–Crippen LogP) is 1.13. The van der Waals surface area contributed by atoms with Gasteiger partial charge < -0.3 is 19.2 Å². The maximum absolute atomic E-state index is 5.39. The van der Waals surface area contributed by atoms with E-state index < -0.39 is 0 Å². The normalized spacial score (nSPS) is 22.4. The molecule has 1 aliphatic heterocycles. The second kappa shape index (κ2) is 5.14. The van der Waals surface area contributed by atoms with Crippen molar-refractivity contribution in [1.82, 2.24) is 5.32 Å². The lowest BCUT2D eigenvalue weighted by atomic mass is 10.2. The monoisotopic (exact) mass is 197 g/mol. The third-order valence-corrected chi connectivity index (χ3v) is 2.25. The summed E-state index contributed by atoms with van der Waals surface area (Å²) < 4.78 is 15.4. The summed E-state index contributed by atoms with van der Waals surface area (Å²) in [4.78, 5) is 0. The van der Waals surface area contributed by atoms with Gasteiger partial charge in [0.25, 0.3) is 0 Å². The van der Waals surface area contributed by atoms with Gasteiger partial charge in [-0.3, -0.25) is 0 Å². The van der Waals surface area contributed by atoms with E-state index in [9.17, 15) is 0 Å². The van der Waals surface area contributed by atoms with Gasteiger partial charge in [0, 0.05) is 18.7 Å². The van der Waals surface area contributed by atoms with Crippen molar-refractivity contribution in [3.05, 3.63) is 24.2 Å². The molecule has 1 aliphatic rings. The Bertz CT molecular complexity index is 242. The molecule has 1 fully saturated rings. The largest absolute Gasteiger partial charge is 0.472 e. The molecule has 4 nitrogen and oxygen atoms in total. The molecule has 0 aromatic carbocycles. The lowest BCUT2D eigenvalue weighted by molar-refractivity contribution is -0.137. The molecule has 14 heavy (non-hydrogen) atoms. The van der Waals surface area contributed by atoms with E-state index in [4.69, 9.17) is 13.9 Å². The molecule has 1 aromatic heterocycles. The van der Waals surface area contributed by atoms with E-state index in [1.54, 1.807) is 12.5 Å². The highest BCUT2D eigenvalue weighted by molar-refractivity contribution is 5.04. The van der Waals surface area contributed by atoms with Gasteiger partial charge in [-0.15, -0.1) is 0 Å². The van der Waals surface area contributed by atoms with Crippen LogP contribution in [0, 0.1) is 0 Å². The number of rotatable bonds is 4. The van der Waals surface area contributed by atoms with Gasteiger partial charge >= 0.3 is 0 Å². The van der Waals surface area contributed by atoms with Gasteiger partial charge in [0.2, 0.25) is 0 Å². The Morgan fingerprint density at radius 1 is 1.50 bits per heavy atom. The summed E-state index contributed by atoms with van der Waals surface area (Å²) in [6, 6.07) is 1.96. The van der Waals surface area contributed by atoms with Crippen LogP contribution in [0.2, 0.25) is 0 Å². The second-order valence-corrected chi connectivity index (χ2v) is 3.37. The number of hydrogen-bond acceptors (Lipinski definition) is 4. The number of furan rings is 1. The molecule has 1 saturated heterocycles. The van der Waals surface area contributed by atoms with Gasteiger partial charge in [0.1, 0.15) is 6.79 Å². The average Bonchev–Trinajstić information content (AvgIpc) is 2.72. The summed E-state index contributed by atoms with van der Waals surface area (Å²) >= 11 is 0. The van der Waals surface area contributed by atoms with Crippen molar-refractivity contribution in [3.8, 4) is 0 Å². The zero-order valence-corrected chi connectivity index (χ0v) is 8.07. The first-order valence-electron chi connectivity index (χ1n) is 4.86. The molecule has 0 saturated carbocycles. The van der Waals surface area contributed by atoms with Gasteiger partial charge in [-0.1, -0.05) is 0 Å². The van der Waals surface area contributed by atoms with Crippen LogP contribution >= 0.6 is 0 Å². The third kappa shape index (κ3) is 2.83. The molecule has 0 bridgehead atoms. The van der Waals surface area contributed by atoms with Crippen LogP contribution in [-0.4, -0.2) is 26.0 Å². The average molecular weight is 197 g/mol. The van der Waals surface area contributed by atoms with E-state index in [2.05, 4.69) is 5.32 Å².